The molecule has 3 nitrogen and oxygen atoms in total. The predicted octanol–water partition coefficient (Wildman–Crippen LogP) is 2.62. The Morgan fingerprint density at radius 2 is 1.76 bits per heavy atom. The molecule has 94 valence electrons. The third-order valence-corrected chi connectivity index (χ3v) is 3.36. The van der Waals surface area contributed by atoms with Crippen molar-refractivity contribution in [2.75, 3.05) is 7.11 Å². The third kappa shape index (κ3) is 3.13. The predicted molar refractivity (Wildman–Crippen MR) is 66.4 cm³/mol. The van der Waals surface area contributed by atoms with Crippen LogP contribution in [0.2, 0.25) is 0 Å². The van der Waals surface area contributed by atoms with E-state index in [2.05, 4.69) is 6.92 Å². The Hall–Kier alpha value is -1.22. The summed E-state index contributed by atoms with van der Waals surface area (Å²) in [7, 11) is 1.64. The van der Waals surface area contributed by atoms with Crippen LogP contribution in [0.5, 0.6) is 11.5 Å². The molecule has 0 saturated heterocycles. The summed E-state index contributed by atoms with van der Waals surface area (Å²) in [5, 5.41) is 9.95. The van der Waals surface area contributed by atoms with E-state index in [9.17, 15) is 5.11 Å². The van der Waals surface area contributed by atoms with Gasteiger partial charge in [0.05, 0.1) is 13.2 Å². The Balaban J connectivity index is 1.95. The highest BCUT2D eigenvalue weighted by molar-refractivity contribution is 5.31. The standard InChI is InChI=1S/C14H20O3/c1-10-3-8-14(13(15)9-10)17-12-6-4-11(16-2)5-7-12/h4-7,10,13-15H,3,8-9H2,1-2H3/t10-,13+,14+/m0/s1. The molecule has 0 aliphatic heterocycles. The second kappa shape index (κ2) is 5.41. The molecule has 1 aromatic rings. The molecule has 3 heteroatoms. The number of hydrogen-bond acceptors (Lipinski definition) is 3. The molecule has 1 aromatic carbocycles. The highest BCUT2D eigenvalue weighted by Crippen LogP contribution is 2.28. The van der Waals surface area contributed by atoms with E-state index < -0.39 is 0 Å². The molecule has 0 radical (unpaired) electrons. The molecule has 1 fully saturated rings. The van der Waals surface area contributed by atoms with Gasteiger partial charge < -0.3 is 14.6 Å². The maximum absolute atomic E-state index is 9.95. The van der Waals surface area contributed by atoms with E-state index >= 15 is 0 Å². The molecule has 1 N–H and O–H groups in total. The summed E-state index contributed by atoms with van der Waals surface area (Å²) in [6, 6.07) is 7.49. The van der Waals surface area contributed by atoms with Crippen molar-refractivity contribution in [1.29, 1.82) is 0 Å². The van der Waals surface area contributed by atoms with Gasteiger partial charge in [-0.1, -0.05) is 6.92 Å². The fraction of sp³-hybridized carbons (Fsp3) is 0.571. The smallest absolute Gasteiger partial charge is 0.124 e. The van der Waals surface area contributed by atoms with Gasteiger partial charge in [0, 0.05) is 0 Å². The maximum atomic E-state index is 9.95. The fourth-order valence-electron chi connectivity index (χ4n) is 2.29. The molecule has 0 bridgehead atoms. The minimum absolute atomic E-state index is 0.0698. The number of hydrogen-bond donors (Lipinski definition) is 1. The van der Waals surface area contributed by atoms with Crippen LogP contribution in [0.25, 0.3) is 0 Å². The van der Waals surface area contributed by atoms with Crippen LogP contribution in [0.3, 0.4) is 0 Å². The summed E-state index contributed by atoms with van der Waals surface area (Å²) in [6.45, 7) is 2.17. The molecule has 2 rings (SSSR count). The number of aliphatic hydroxyl groups is 1. The lowest BCUT2D eigenvalue weighted by molar-refractivity contribution is -0.00799. The van der Waals surface area contributed by atoms with Crippen LogP contribution in [0.15, 0.2) is 24.3 Å². The highest BCUT2D eigenvalue weighted by Gasteiger charge is 2.28. The van der Waals surface area contributed by atoms with Crippen molar-refractivity contribution in [3.05, 3.63) is 24.3 Å². The van der Waals surface area contributed by atoms with Gasteiger partial charge >= 0.3 is 0 Å². The molecule has 0 amide bonds. The lowest BCUT2D eigenvalue weighted by atomic mass is 9.86. The van der Waals surface area contributed by atoms with Crippen LogP contribution in [0, 0.1) is 5.92 Å². The molecule has 1 aliphatic carbocycles. The van der Waals surface area contributed by atoms with Crippen molar-refractivity contribution in [3.8, 4) is 11.5 Å². The summed E-state index contributed by atoms with van der Waals surface area (Å²) in [5.41, 5.74) is 0. The van der Waals surface area contributed by atoms with Gasteiger partial charge in [-0.25, -0.2) is 0 Å². The number of benzene rings is 1. The van der Waals surface area contributed by atoms with E-state index in [-0.39, 0.29) is 12.2 Å². The van der Waals surface area contributed by atoms with Crippen molar-refractivity contribution in [2.24, 2.45) is 5.92 Å². The molecule has 0 heterocycles. The zero-order valence-corrected chi connectivity index (χ0v) is 10.4. The van der Waals surface area contributed by atoms with E-state index in [1.54, 1.807) is 7.11 Å². The first-order valence-corrected chi connectivity index (χ1v) is 6.18. The van der Waals surface area contributed by atoms with Crippen LogP contribution >= 0.6 is 0 Å². The van der Waals surface area contributed by atoms with Crippen LogP contribution < -0.4 is 9.47 Å². The van der Waals surface area contributed by atoms with Crippen molar-refractivity contribution >= 4 is 0 Å². The van der Waals surface area contributed by atoms with Gasteiger partial charge in [-0.05, 0) is 49.4 Å². The van der Waals surface area contributed by atoms with Crippen molar-refractivity contribution in [3.63, 3.8) is 0 Å². The van der Waals surface area contributed by atoms with E-state index in [1.165, 1.54) is 0 Å². The number of aliphatic hydroxyl groups excluding tert-OH is 1. The van der Waals surface area contributed by atoms with E-state index in [0.29, 0.717) is 5.92 Å². The lowest BCUT2D eigenvalue weighted by Crippen LogP contribution is -2.37. The molecule has 0 spiro atoms. The summed E-state index contributed by atoms with van der Waals surface area (Å²) in [5.74, 6) is 2.21. The zero-order valence-electron chi connectivity index (χ0n) is 10.4. The van der Waals surface area contributed by atoms with Gasteiger partial charge in [-0.15, -0.1) is 0 Å². The molecular weight excluding hydrogens is 216 g/mol. The van der Waals surface area contributed by atoms with Gasteiger partial charge in [-0.3, -0.25) is 0 Å². The first kappa shape index (κ1) is 12.2. The fourth-order valence-corrected chi connectivity index (χ4v) is 2.29. The maximum Gasteiger partial charge on any atom is 0.124 e. The normalized spacial score (nSPS) is 28.8. The average molecular weight is 236 g/mol. The van der Waals surface area contributed by atoms with Crippen LogP contribution in [0.4, 0.5) is 0 Å². The number of rotatable bonds is 3. The van der Waals surface area contributed by atoms with E-state index in [1.807, 2.05) is 24.3 Å². The number of methoxy groups -OCH3 is 1. The number of ether oxygens (including phenoxy) is 2. The summed E-state index contributed by atoms with van der Waals surface area (Å²) >= 11 is 0. The largest absolute Gasteiger partial charge is 0.497 e. The second-order valence-corrected chi connectivity index (χ2v) is 4.82. The Labute approximate surface area is 102 Å². The molecular formula is C14H20O3. The molecule has 17 heavy (non-hydrogen) atoms. The van der Waals surface area contributed by atoms with Crippen LogP contribution in [0.1, 0.15) is 26.2 Å². The molecule has 1 saturated carbocycles. The first-order valence-electron chi connectivity index (χ1n) is 6.18. The summed E-state index contributed by atoms with van der Waals surface area (Å²) in [6.07, 6.45) is 2.47. The lowest BCUT2D eigenvalue weighted by Gasteiger charge is -2.31. The molecule has 0 unspecified atom stereocenters. The Morgan fingerprint density at radius 1 is 1.12 bits per heavy atom. The van der Waals surface area contributed by atoms with Crippen molar-refractivity contribution in [2.45, 2.75) is 38.4 Å². The van der Waals surface area contributed by atoms with Gasteiger partial charge in [0.1, 0.15) is 17.6 Å². The summed E-state index contributed by atoms with van der Waals surface area (Å²) < 4.78 is 10.9. The second-order valence-electron chi connectivity index (χ2n) is 4.82. The minimum atomic E-state index is -0.346. The van der Waals surface area contributed by atoms with Gasteiger partial charge in [-0.2, -0.15) is 0 Å². The third-order valence-electron chi connectivity index (χ3n) is 3.36. The molecule has 3 atom stereocenters. The highest BCUT2D eigenvalue weighted by atomic mass is 16.5. The van der Waals surface area contributed by atoms with Crippen LogP contribution in [-0.2, 0) is 0 Å². The molecule has 0 aromatic heterocycles. The van der Waals surface area contributed by atoms with Gasteiger partial charge in [0.15, 0.2) is 0 Å². The van der Waals surface area contributed by atoms with Crippen LogP contribution in [-0.4, -0.2) is 24.4 Å². The minimum Gasteiger partial charge on any atom is -0.497 e. The Morgan fingerprint density at radius 3 is 2.35 bits per heavy atom. The molecule has 1 aliphatic rings. The SMILES string of the molecule is COc1ccc(O[C@@H]2CC[C@H](C)C[C@H]2O)cc1. The van der Waals surface area contributed by atoms with E-state index in [0.717, 1.165) is 30.8 Å². The first-order chi connectivity index (χ1) is 8.19. The summed E-state index contributed by atoms with van der Waals surface area (Å²) in [4.78, 5) is 0. The topological polar surface area (TPSA) is 38.7 Å². The quantitative estimate of drug-likeness (QED) is 0.876. The Bertz CT molecular complexity index is 347. The van der Waals surface area contributed by atoms with Gasteiger partial charge in [0.2, 0.25) is 0 Å². The van der Waals surface area contributed by atoms with E-state index in [4.69, 9.17) is 9.47 Å². The van der Waals surface area contributed by atoms with Crippen molar-refractivity contribution in [1.82, 2.24) is 0 Å². The zero-order chi connectivity index (χ0) is 12.3. The Kier molecular flexibility index (Phi) is 3.89. The van der Waals surface area contributed by atoms with Gasteiger partial charge in [0.25, 0.3) is 0 Å². The average Bonchev–Trinajstić information content (AvgIpc) is 2.34. The monoisotopic (exact) mass is 236 g/mol. The van der Waals surface area contributed by atoms with Crippen molar-refractivity contribution < 1.29 is 14.6 Å².